The quantitative estimate of drug-likeness (QED) is 0.609. The molecule has 28 heavy (non-hydrogen) atoms. The fourth-order valence-corrected chi connectivity index (χ4v) is 3.60. The van der Waals surface area contributed by atoms with E-state index in [2.05, 4.69) is 16.9 Å². The Labute approximate surface area is 166 Å². The van der Waals surface area contributed by atoms with Gasteiger partial charge in [0.15, 0.2) is 5.82 Å². The van der Waals surface area contributed by atoms with Crippen LogP contribution in [-0.2, 0) is 9.47 Å². The molecule has 2 fully saturated rings. The van der Waals surface area contributed by atoms with Crippen LogP contribution in [-0.4, -0.2) is 49.1 Å². The third-order valence-electron chi connectivity index (χ3n) is 5.40. The molecule has 6 heteroatoms. The lowest BCUT2D eigenvalue weighted by Crippen LogP contribution is -2.07. The van der Waals surface area contributed by atoms with E-state index in [0.29, 0.717) is 36.9 Å². The normalized spacial score (nSPS) is 23.6. The zero-order valence-corrected chi connectivity index (χ0v) is 16.6. The lowest BCUT2D eigenvalue weighted by Gasteiger charge is -2.13. The Morgan fingerprint density at radius 3 is 2.75 bits per heavy atom. The summed E-state index contributed by atoms with van der Waals surface area (Å²) in [6, 6.07) is 7.86. The summed E-state index contributed by atoms with van der Waals surface area (Å²) in [6.07, 6.45) is 7.02. The van der Waals surface area contributed by atoms with Crippen LogP contribution in [0.5, 0.6) is 11.6 Å². The second-order valence-electron chi connectivity index (χ2n) is 7.41. The molecule has 0 N–H and O–H groups in total. The van der Waals surface area contributed by atoms with E-state index in [1.807, 2.05) is 30.5 Å². The van der Waals surface area contributed by atoms with Gasteiger partial charge >= 0.3 is 0 Å². The van der Waals surface area contributed by atoms with Gasteiger partial charge in [-0.2, -0.15) is 4.98 Å². The van der Waals surface area contributed by atoms with Crippen LogP contribution < -0.4 is 9.47 Å². The Bertz CT molecular complexity index is 775. The van der Waals surface area contributed by atoms with Crippen molar-refractivity contribution in [2.24, 2.45) is 0 Å². The standard InChI is InChI=1S/C22H28N2O4/c1-3-4-5-19-20(28-19)14-27-17-8-6-15(7-9-17)21-23-12-18(22(24-21)25-2)16-10-11-26-13-16/h6-9,12,16,19-20H,3-5,10-11,13-14H2,1-2H3/t16-,19+,20+/m1/s1. The van der Waals surface area contributed by atoms with Gasteiger partial charge < -0.3 is 18.9 Å². The predicted molar refractivity (Wildman–Crippen MR) is 106 cm³/mol. The van der Waals surface area contributed by atoms with E-state index in [1.54, 1.807) is 7.11 Å². The highest BCUT2D eigenvalue weighted by atomic mass is 16.6. The number of rotatable bonds is 9. The second-order valence-corrected chi connectivity index (χ2v) is 7.41. The molecule has 2 aromatic rings. The molecule has 1 aromatic carbocycles. The van der Waals surface area contributed by atoms with Crippen LogP contribution in [0.15, 0.2) is 30.5 Å². The van der Waals surface area contributed by atoms with Crippen molar-refractivity contribution < 1.29 is 18.9 Å². The summed E-state index contributed by atoms with van der Waals surface area (Å²) in [7, 11) is 1.65. The van der Waals surface area contributed by atoms with Gasteiger partial charge in [0.2, 0.25) is 5.88 Å². The molecule has 2 aliphatic heterocycles. The molecule has 6 nitrogen and oxygen atoms in total. The van der Waals surface area contributed by atoms with Gasteiger partial charge in [-0.1, -0.05) is 19.8 Å². The van der Waals surface area contributed by atoms with Crippen LogP contribution in [0.25, 0.3) is 11.4 Å². The van der Waals surface area contributed by atoms with Crippen LogP contribution in [0, 0.1) is 0 Å². The van der Waals surface area contributed by atoms with Crippen LogP contribution >= 0.6 is 0 Å². The Kier molecular flexibility index (Phi) is 6.07. The van der Waals surface area contributed by atoms with Crippen LogP contribution in [0.3, 0.4) is 0 Å². The lowest BCUT2D eigenvalue weighted by atomic mass is 10.0. The van der Waals surface area contributed by atoms with Crippen molar-refractivity contribution in [1.29, 1.82) is 0 Å². The number of ether oxygens (including phenoxy) is 4. The third-order valence-corrected chi connectivity index (χ3v) is 5.40. The van der Waals surface area contributed by atoms with E-state index in [-0.39, 0.29) is 6.10 Å². The summed E-state index contributed by atoms with van der Waals surface area (Å²) in [4.78, 5) is 9.16. The van der Waals surface area contributed by atoms with Crippen molar-refractivity contribution >= 4 is 0 Å². The average molecular weight is 384 g/mol. The zero-order chi connectivity index (χ0) is 19.3. The van der Waals surface area contributed by atoms with Crippen molar-refractivity contribution in [3.63, 3.8) is 0 Å². The molecule has 0 bridgehead atoms. The maximum absolute atomic E-state index is 5.86. The second kappa shape index (κ2) is 8.88. The van der Waals surface area contributed by atoms with E-state index < -0.39 is 0 Å². The molecule has 2 aliphatic rings. The molecule has 0 radical (unpaired) electrons. The molecule has 0 aliphatic carbocycles. The highest BCUT2D eigenvalue weighted by Gasteiger charge is 2.38. The monoisotopic (exact) mass is 384 g/mol. The number of hydrogen-bond donors (Lipinski definition) is 0. The number of aromatic nitrogens is 2. The predicted octanol–water partition coefficient (Wildman–Crippen LogP) is 3.99. The van der Waals surface area contributed by atoms with E-state index in [0.717, 1.165) is 36.3 Å². The Morgan fingerprint density at radius 2 is 2.04 bits per heavy atom. The van der Waals surface area contributed by atoms with Crippen molar-refractivity contribution in [2.45, 2.75) is 50.7 Å². The Balaban J connectivity index is 1.37. The smallest absolute Gasteiger partial charge is 0.220 e. The Morgan fingerprint density at radius 1 is 1.18 bits per heavy atom. The number of nitrogens with zero attached hydrogens (tertiary/aromatic N) is 2. The molecule has 3 atom stereocenters. The van der Waals surface area contributed by atoms with Gasteiger partial charge in [0.25, 0.3) is 0 Å². The molecule has 2 saturated heterocycles. The molecule has 3 heterocycles. The minimum Gasteiger partial charge on any atom is -0.491 e. The molecule has 150 valence electrons. The topological polar surface area (TPSA) is 66.0 Å². The number of benzene rings is 1. The summed E-state index contributed by atoms with van der Waals surface area (Å²) in [5.74, 6) is 2.42. The summed E-state index contributed by atoms with van der Waals surface area (Å²) in [5, 5.41) is 0. The maximum atomic E-state index is 5.86. The van der Waals surface area contributed by atoms with Crippen LogP contribution in [0.4, 0.5) is 0 Å². The molecule has 0 unspecified atom stereocenters. The van der Waals surface area contributed by atoms with E-state index in [4.69, 9.17) is 18.9 Å². The third kappa shape index (κ3) is 4.45. The van der Waals surface area contributed by atoms with Crippen molar-refractivity contribution in [2.75, 3.05) is 26.9 Å². The van der Waals surface area contributed by atoms with Gasteiger partial charge in [0, 0.05) is 29.8 Å². The largest absolute Gasteiger partial charge is 0.491 e. The Hall–Kier alpha value is -2.18. The minimum atomic E-state index is 0.242. The average Bonchev–Trinajstić information content (AvgIpc) is 3.27. The van der Waals surface area contributed by atoms with Crippen molar-refractivity contribution in [3.05, 3.63) is 36.0 Å². The first kappa shape index (κ1) is 19.2. The molecule has 0 spiro atoms. The summed E-state index contributed by atoms with van der Waals surface area (Å²) < 4.78 is 22.5. The van der Waals surface area contributed by atoms with E-state index >= 15 is 0 Å². The number of epoxide rings is 1. The van der Waals surface area contributed by atoms with Crippen LogP contribution in [0.1, 0.15) is 44.1 Å². The van der Waals surface area contributed by atoms with E-state index in [9.17, 15) is 0 Å². The molecule has 0 amide bonds. The summed E-state index contributed by atoms with van der Waals surface area (Å²) in [5.41, 5.74) is 1.95. The fraction of sp³-hybridized carbons (Fsp3) is 0.545. The lowest BCUT2D eigenvalue weighted by molar-refractivity contribution is 0.193. The van der Waals surface area contributed by atoms with Gasteiger partial charge in [0.1, 0.15) is 18.5 Å². The first-order chi connectivity index (χ1) is 13.8. The first-order valence-corrected chi connectivity index (χ1v) is 10.2. The van der Waals surface area contributed by atoms with Gasteiger partial charge in [-0.05, 0) is 37.1 Å². The first-order valence-electron chi connectivity index (χ1n) is 10.2. The molecule has 4 rings (SSSR count). The zero-order valence-electron chi connectivity index (χ0n) is 16.6. The summed E-state index contributed by atoms with van der Waals surface area (Å²) in [6.45, 7) is 4.29. The maximum Gasteiger partial charge on any atom is 0.220 e. The number of unbranched alkanes of at least 4 members (excludes halogenated alkanes) is 1. The van der Waals surface area contributed by atoms with Gasteiger partial charge in [0.05, 0.1) is 19.8 Å². The fourth-order valence-electron chi connectivity index (χ4n) is 3.60. The number of hydrogen-bond acceptors (Lipinski definition) is 6. The van der Waals surface area contributed by atoms with Crippen molar-refractivity contribution in [1.82, 2.24) is 9.97 Å². The molecule has 1 aromatic heterocycles. The highest BCUT2D eigenvalue weighted by molar-refractivity contribution is 5.57. The molecular weight excluding hydrogens is 356 g/mol. The van der Waals surface area contributed by atoms with Gasteiger partial charge in [-0.15, -0.1) is 0 Å². The molecular formula is C22H28N2O4. The highest BCUT2D eigenvalue weighted by Crippen LogP contribution is 2.32. The minimum absolute atomic E-state index is 0.242. The van der Waals surface area contributed by atoms with Gasteiger partial charge in [-0.3, -0.25) is 0 Å². The van der Waals surface area contributed by atoms with E-state index in [1.165, 1.54) is 12.8 Å². The van der Waals surface area contributed by atoms with Gasteiger partial charge in [-0.25, -0.2) is 4.98 Å². The van der Waals surface area contributed by atoms with Crippen molar-refractivity contribution in [3.8, 4) is 23.0 Å². The van der Waals surface area contributed by atoms with Crippen LogP contribution in [0.2, 0.25) is 0 Å². The summed E-state index contributed by atoms with van der Waals surface area (Å²) >= 11 is 0. The molecule has 0 saturated carbocycles. The SMILES string of the molecule is CCCC[C@@H]1O[C@H]1COc1ccc(-c2ncc([C@@H]3CCOC3)c(OC)n2)cc1. The number of methoxy groups -OCH3 is 1.